The lowest BCUT2D eigenvalue weighted by molar-refractivity contribution is 0.0486. The van der Waals surface area contributed by atoms with Crippen molar-refractivity contribution in [1.29, 1.82) is 0 Å². The summed E-state index contributed by atoms with van der Waals surface area (Å²) in [4.78, 5) is 12.0. The second-order valence-corrected chi connectivity index (χ2v) is 5.44. The van der Waals surface area contributed by atoms with E-state index in [0.717, 1.165) is 18.5 Å². The van der Waals surface area contributed by atoms with Crippen LogP contribution in [0.4, 0.5) is 5.69 Å². The van der Waals surface area contributed by atoms with E-state index < -0.39 is 0 Å². The van der Waals surface area contributed by atoms with E-state index in [0.29, 0.717) is 24.4 Å². The Morgan fingerprint density at radius 3 is 2.33 bits per heavy atom. The van der Waals surface area contributed by atoms with Gasteiger partial charge in [0.1, 0.15) is 0 Å². The molecule has 2 N–H and O–H groups in total. The Labute approximate surface area is 127 Å². The predicted molar refractivity (Wildman–Crippen MR) is 85.3 cm³/mol. The summed E-state index contributed by atoms with van der Waals surface area (Å²) < 4.78 is 6.81. The average molecular weight is 295 g/mol. The van der Waals surface area contributed by atoms with Crippen LogP contribution >= 0.6 is 0 Å². The molecule has 0 radical (unpaired) electrons. The van der Waals surface area contributed by atoms with Crippen molar-refractivity contribution in [2.45, 2.75) is 65.2 Å². The Kier molecular flexibility index (Phi) is 7.87. The highest BCUT2D eigenvalue weighted by molar-refractivity contribution is 5.93. The molecule has 21 heavy (non-hydrogen) atoms. The van der Waals surface area contributed by atoms with Gasteiger partial charge in [0.15, 0.2) is 5.69 Å². The minimum atomic E-state index is -0.367. The minimum absolute atomic E-state index is 0.367. The number of esters is 1. The van der Waals surface area contributed by atoms with Gasteiger partial charge in [0.2, 0.25) is 0 Å². The molecular weight excluding hydrogens is 266 g/mol. The Bertz CT molecular complexity index is 441. The molecule has 0 saturated carbocycles. The highest BCUT2D eigenvalue weighted by Gasteiger charge is 2.20. The lowest BCUT2D eigenvalue weighted by atomic mass is 10.1. The Balaban J connectivity index is 2.27. The van der Waals surface area contributed by atoms with Crippen molar-refractivity contribution in [2.75, 3.05) is 12.3 Å². The first-order chi connectivity index (χ1) is 10.1. The molecule has 0 aliphatic heterocycles. The van der Waals surface area contributed by atoms with E-state index in [1.807, 2.05) is 6.92 Å². The van der Waals surface area contributed by atoms with Crippen LogP contribution < -0.4 is 5.73 Å². The summed E-state index contributed by atoms with van der Waals surface area (Å²) >= 11 is 0. The smallest absolute Gasteiger partial charge is 0.358 e. The Morgan fingerprint density at radius 1 is 1.14 bits per heavy atom. The van der Waals surface area contributed by atoms with Gasteiger partial charge >= 0.3 is 5.97 Å². The number of hydrogen-bond acceptors (Lipinski definition) is 4. The standard InChI is InChI=1S/C16H29N3O2/c1-4-6-7-8-9-10-11-12-21-16(20)15-14(17)13(5-2)18-19(15)3/h4-12,17H2,1-3H3. The van der Waals surface area contributed by atoms with Crippen molar-refractivity contribution in [3.63, 3.8) is 0 Å². The summed E-state index contributed by atoms with van der Waals surface area (Å²) in [5.41, 5.74) is 7.50. The van der Waals surface area contributed by atoms with Gasteiger partial charge in [0, 0.05) is 7.05 Å². The molecule has 0 saturated heterocycles. The maximum atomic E-state index is 12.0. The predicted octanol–water partition coefficient (Wildman–Crippen LogP) is 3.47. The molecule has 120 valence electrons. The summed E-state index contributed by atoms with van der Waals surface area (Å²) in [5.74, 6) is -0.367. The van der Waals surface area contributed by atoms with E-state index in [2.05, 4.69) is 12.0 Å². The van der Waals surface area contributed by atoms with Crippen LogP contribution in [-0.4, -0.2) is 22.4 Å². The van der Waals surface area contributed by atoms with Gasteiger partial charge in [0.05, 0.1) is 18.0 Å². The highest BCUT2D eigenvalue weighted by atomic mass is 16.5. The first kappa shape index (κ1) is 17.5. The molecule has 0 atom stereocenters. The van der Waals surface area contributed by atoms with Gasteiger partial charge in [-0.1, -0.05) is 52.4 Å². The van der Waals surface area contributed by atoms with Crippen molar-refractivity contribution in [2.24, 2.45) is 7.05 Å². The molecule has 1 rings (SSSR count). The summed E-state index contributed by atoms with van der Waals surface area (Å²) in [6.45, 7) is 4.64. The zero-order valence-corrected chi connectivity index (χ0v) is 13.7. The first-order valence-electron chi connectivity index (χ1n) is 8.10. The number of carbonyl (C=O) groups is 1. The van der Waals surface area contributed by atoms with E-state index >= 15 is 0 Å². The number of aryl methyl sites for hydroxylation is 2. The largest absolute Gasteiger partial charge is 0.461 e. The molecule has 1 aromatic heterocycles. The molecule has 5 heteroatoms. The van der Waals surface area contributed by atoms with Crippen LogP contribution in [0.2, 0.25) is 0 Å². The number of ether oxygens (including phenoxy) is 1. The number of nitrogen functional groups attached to an aromatic ring is 1. The molecule has 0 aliphatic rings. The SMILES string of the molecule is CCCCCCCCCOC(=O)c1c(N)c(CC)nn1C. The van der Waals surface area contributed by atoms with E-state index in [1.54, 1.807) is 7.05 Å². The van der Waals surface area contributed by atoms with Gasteiger partial charge in [-0.3, -0.25) is 4.68 Å². The number of nitrogens with two attached hydrogens (primary N) is 1. The molecule has 0 spiro atoms. The van der Waals surface area contributed by atoms with Crippen LogP contribution in [0.5, 0.6) is 0 Å². The minimum Gasteiger partial charge on any atom is -0.461 e. The van der Waals surface area contributed by atoms with Gasteiger partial charge in [0.25, 0.3) is 0 Å². The summed E-state index contributed by atoms with van der Waals surface area (Å²) in [6, 6.07) is 0. The van der Waals surface area contributed by atoms with Crippen LogP contribution in [0.15, 0.2) is 0 Å². The normalized spacial score (nSPS) is 10.8. The van der Waals surface area contributed by atoms with Crippen molar-refractivity contribution in [1.82, 2.24) is 9.78 Å². The van der Waals surface area contributed by atoms with Gasteiger partial charge in [-0.2, -0.15) is 5.10 Å². The van der Waals surface area contributed by atoms with Crippen LogP contribution in [-0.2, 0) is 18.2 Å². The number of aromatic nitrogens is 2. The van der Waals surface area contributed by atoms with E-state index in [1.165, 1.54) is 36.8 Å². The molecule has 0 bridgehead atoms. The quantitative estimate of drug-likeness (QED) is 0.530. The molecule has 1 aromatic rings. The summed E-state index contributed by atoms with van der Waals surface area (Å²) in [7, 11) is 1.72. The second-order valence-electron chi connectivity index (χ2n) is 5.44. The Morgan fingerprint density at radius 2 is 1.76 bits per heavy atom. The number of nitrogens with zero attached hydrogens (tertiary/aromatic N) is 2. The highest BCUT2D eigenvalue weighted by Crippen LogP contribution is 2.18. The molecule has 0 amide bonds. The number of unbranched alkanes of at least 4 members (excludes halogenated alkanes) is 6. The van der Waals surface area contributed by atoms with Crippen LogP contribution in [0.25, 0.3) is 0 Å². The number of hydrogen-bond donors (Lipinski definition) is 1. The van der Waals surface area contributed by atoms with E-state index in [9.17, 15) is 4.79 Å². The maximum absolute atomic E-state index is 12.0. The molecule has 1 heterocycles. The van der Waals surface area contributed by atoms with Gasteiger partial charge in [-0.15, -0.1) is 0 Å². The molecular formula is C16H29N3O2. The summed E-state index contributed by atoms with van der Waals surface area (Å²) in [5, 5.41) is 4.23. The lowest BCUT2D eigenvalue weighted by Gasteiger charge is -2.06. The number of anilines is 1. The van der Waals surface area contributed by atoms with Gasteiger partial charge in [-0.05, 0) is 12.8 Å². The van der Waals surface area contributed by atoms with Gasteiger partial charge < -0.3 is 10.5 Å². The van der Waals surface area contributed by atoms with E-state index in [-0.39, 0.29) is 5.97 Å². The topological polar surface area (TPSA) is 70.1 Å². The third-order valence-electron chi connectivity index (χ3n) is 3.67. The number of carbonyl (C=O) groups excluding carboxylic acids is 1. The zero-order chi connectivity index (χ0) is 15.7. The van der Waals surface area contributed by atoms with Crippen molar-refractivity contribution in [3.05, 3.63) is 11.4 Å². The fourth-order valence-electron chi connectivity index (χ4n) is 2.39. The van der Waals surface area contributed by atoms with Crippen LogP contribution in [0.1, 0.15) is 75.0 Å². The Hall–Kier alpha value is -1.52. The van der Waals surface area contributed by atoms with Gasteiger partial charge in [-0.25, -0.2) is 4.79 Å². The van der Waals surface area contributed by atoms with Crippen molar-refractivity contribution < 1.29 is 9.53 Å². The number of rotatable bonds is 10. The molecule has 0 unspecified atom stereocenters. The molecule has 0 aromatic carbocycles. The van der Waals surface area contributed by atoms with Crippen molar-refractivity contribution >= 4 is 11.7 Å². The first-order valence-corrected chi connectivity index (χ1v) is 8.10. The average Bonchev–Trinajstić information content (AvgIpc) is 2.76. The third kappa shape index (κ3) is 5.40. The zero-order valence-electron chi connectivity index (χ0n) is 13.7. The fraction of sp³-hybridized carbons (Fsp3) is 0.750. The molecule has 0 fully saturated rings. The van der Waals surface area contributed by atoms with Crippen LogP contribution in [0, 0.1) is 0 Å². The van der Waals surface area contributed by atoms with Crippen molar-refractivity contribution in [3.8, 4) is 0 Å². The fourth-order valence-corrected chi connectivity index (χ4v) is 2.39. The molecule has 5 nitrogen and oxygen atoms in total. The third-order valence-corrected chi connectivity index (χ3v) is 3.67. The van der Waals surface area contributed by atoms with E-state index in [4.69, 9.17) is 10.5 Å². The maximum Gasteiger partial charge on any atom is 0.358 e. The second kappa shape index (κ2) is 9.42. The summed E-state index contributed by atoms with van der Waals surface area (Å²) in [6.07, 6.45) is 9.11. The lowest BCUT2D eigenvalue weighted by Crippen LogP contribution is -2.13. The van der Waals surface area contributed by atoms with Crippen LogP contribution in [0.3, 0.4) is 0 Å². The monoisotopic (exact) mass is 295 g/mol. The molecule has 0 aliphatic carbocycles.